The fraction of sp³-hybridized carbons (Fsp3) is 0.0556. The highest BCUT2D eigenvalue weighted by atomic mass is 16.3. The molecule has 0 unspecified atom stereocenters. The second-order valence-electron chi connectivity index (χ2n) is 15.9. The van der Waals surface area contributed by atoms with Gasteiger partial charge in [0.25, 0.3) is 0 Å². The van der Waals surface area contributed by atoms with Crippen LogP contribution in [0.1, 0.15) is 25.0 Å². The van der Waals surface area contributed by atoms with Gasteiger partial charge in [-0.15, -0.1) is 0 Å². The van der Waals surface area contributed by atoms with Crippen molar-refractivity contribution in [2.45, 2.75) is 19.3 Å². The van der Waals surface area contributed by atoms with Crippen LogP contribution in [0.3, 0.4) is 0 Å². The van der Waals surface area contributed by atoms with Gasteiger partial charge in [-0.25, -0.2) is 15.0 Å². The van der Waals surface area contributed by atoms with Crippen LogP contribution < -0.4 is 0 Å². The van der Waals surface area contributed by atoms with Gasteiger partial charge in [0.2, 0.25) is 0 Å². The largest absolute Gasteiger partial charge is 0.456 e. The van der Waals surface area contributed by atoms with Crippen LogP contribution in [0.15, 0.2) is 185 Å². The molecule has 0 fully saturated rings. The number of benzene rings is 8. The second kappa shape index (κ2) is 12.7. The lowest BCUT2D eigenvalue weighted by molar-refractivity contribution is 0.660. The molecule has 0 aliphatic heterocycles. The van der Waals surface area contributed by atoms with E-state index in [1.807, 2.05) is 72.8 Å². The molecule has 3 aromatic heterocycles. The van der Waals surface area contributed by atoms with E-state index in [0.717, 1.165) is 71.7 Å². The predicted octanol–water partition coefficient (Wildman–Crippen LogP) is 14.3. The monoisotopic (exact) mass is 757 g/mol. The summed E-state index contributed by atoms with van der Waals surface area (Å²) in [6.45, 7) is 4.66. The van der Waals surface area contributed by atoms with Gasteiger partial charge in [0.05, 0.1) is 5.56 Å². The molecule has 0 spiro atoms. The molecule has 12 rings (SSSR count). The van der Waals surface area contributed by atoms with Crippen LogP contribution in [0.4, 0.5) is 0 Å². The first-order valence-corrected chi connectivity index (χ1v) is 20.0. The van der Waals surface area contributed by atoms with Crippen molar-refractivity contribution in [1.29, 1.82) is 0 Å². The zero-order valence-corrected chi connectivity index (χ0v) is 32.4. The van der Waals surface area contributed by atoms with E-state index in [0.29, 0.717) is 17.5 Å². The molecule has 0 atom stereocenters. The van der Waals surface area contributed by atoms with Crippen LogP contribution >= 0.6 is 0 Å². The number of nitrogens with zero attached hydrogens (tertiary/aromatic N) is 3. The van der Waals surface area contributed by atoms with Crippen molar-refractivity contribution >= 4 is 43.9 Å². The number of para-hydroxylation sites is 2. The molecule has 0 N–H and O–H groups in total. The quantitative estimate of drug-likeness (QED) is 0.175. The summed E-state index contributed by atoms with van der Waals surface area (Å²) >= 11 is 0. The summed E-state index contributed by atoms with van der Waals surface area (Å²) in [4.78, 5) is 15.4. The highest BCUT2D eigenvalue weighted by molar-refractivity contribution is 6.13. The van der Waals surface area contributed by atoms with Crippen LogP contribution in [-0.2, 0) is 5.41 Å². The molecule has 3 heterocycles. The number of aromatic nitrogens is 3. The normalized spacial score (nSPS) is 13.1. The minimum absolute atomic E-state index is 0.0630. The Bertz CT molecular complexity index is 3480. The Morgan fingerprint density at radius 2 is 0.966 bits per heavy atom. The molecular formula is C54H35N3O2. The molecule has 5 nitrogen and oxygen atoms in total. The molecule has 1 aliphatic rings. The molecule has 278 valence electrons. The molecule has 0 saturated carbocycles. The van der Waals surface area contributed by atoms with E-state index < -0.39 is 0 Å². The van der Waals surface area contributed by atoms with Gasteiger partial charge in [0.1, 0.15) is 22.3 Å². The van der Waals surface area contributed by atoms with Gasteiger partial charge in [-0.3, -0.25) is 0 Å². The minimum Gasteiger partial charge on any atom is -0.456 e. The van der Waals surface area contributed by atoms with Crippen molar-refractivity contribution in [3.63, 3.8) is 0 Å². The van der Waals surface area contributed by atoms with Crippen LogP contribution in [-0.4, -0.2) is 15.0 Å². The molecule has 0 radical (unpaired) electrons. The van der Waals surface area contributed by atoms with Gasteiger partial charge in [-0.05, 0) is 80.9 Å². The Kier molecular flexibility index (Phi) is 7.20. The first-order chi connectivity index (χ1) is 29.0. The highest BCUT2D eigenvalue weighted by Gasteiger charge is 2.36. The first-order valence-electron chi connectivity index (χ1n) is 20.0. The summed E-state index contributed by atoms with van der Waals surface area (Å²) < 4.78 is 13.0. The molecule has 1 aliphatic carbocycles. The Labute approximate surface area is 340 Å². The lowest BCUT2D eigenvalue weighted by Crippen LogP contribution is -2.14. The van der Waals surface area contributed by atoms with Crippen LogP contribution in [0.5, 0.6) is 0 Å². The Morgan fingerprint density at radius 3 is 1.88 bits per heavy atom. The Balaban J connectivity index is 1.02. The minimum atomic E-state index is -0.0630. The van der Waals surface area contributed by atoms with E-state index in [2.05, 4.69) is 117 Å². The third-order valence-electron chi connectivity index (χ3n) is 12.2. The number of fused-ring (bicyclic) bond motifs is 9. The van der Waals surface area contributed by atoms with Crippen molar-refractivity contribution in [2.75, 3.05) is 0 Å². The van der Waals surface area contributed by atoms with E-state index >= 15 is 0 Å². The average Bonchev–Trinajstić information content (AvgIpc) is 3.94. The fourth-order valence-electron chi connectivity index (χ4n) is 9.31. The zero-order chi connectivity index (χ0) is 39.2. The average molecular weight is 758 g/mol. The van der Waals surface area contributed by atoms with Crippen molar-refractivity contribution in [3.8, 4) is 67.5 Å². The summed E-state index contributed by atoms with van der Waals surface area (Å²) in [5, 5.41) is 4.03. The van der Waals surface area contributed by atoms with Crippen molar-refractivity contribution in [1.82, 2.24) is 15.0 Å². The number of rotatable bonds is 5. The maximum absolute atomic E-state index is 6.54. The summed E-state index contributed by atoms with van der Waals surface area (Å²) in [6.07, 6.45) is 0. The summed E-state index contributed by atoms with van der Waals surface area (Å²) in [5.41, 5.74) is 15.7. The number of hydrogen-bond donors (Lipinski definition) is 0. The third kappa shape index (κ3) is 5.14. The lowest BCUT2D eigenvalue weighted by Gasteiger charge is -2.21. The third-order valence-corrected chi connectivity index (χ3v) is 12.2. The van der Waals surface area contributed by atoms with Gasteiger partial charge >= 0.3 is 0 Å². The Morgan fingerprint density at radius 1 is 0.373 bits per heavy atom. The van der Waals surface area contributed by atoms with Crippen molar-refractivity contribution in [2.24, 2.45) is 0 Å². The van der Waals surface area contributed by atoms with Gasteiger partial charge in [-0.1, -0.05) is 153 Å². The van der Waals surface area contributed by atoms with Crippen LogP contribution in [0.2, 0.25) is 0 Å². The maximum atomic E-state index is 6.54. The highest BCUT2D eigenvalue weighted by Crippen LogP contribution is 2.52. The van der Waals surface area contributed by atoms with Gasteiger partial charge in [-0.2, -0.15) is 0 Å². The van der Waals surface area contributed by atoms with Crippen LogP contribution in [0.25, 0.3) is 111 Å². The molecule has 0 saturated heterocycles. The van der Waals surface area contributed by atoms with E-state index in [9.17, 15) is 0 Å². The van der Waals surface area contributed by atoms with Gasteiger partial charge in [0, 0.05) is 38.1 Å². The lowest BCUT2D eigenvalue weighted by atomic mass is 9.82. The van der Waals surface area contributed by atoms with E-state index in [1.54, 1.807) is 0 Å². The Hall–Kier alpha value is -7.63. The van der Waals surface area contributed by atoms with Crippen LogP contribution in [0, 0.1) is 0 Å². The number of furan rings is 2. The molecule has 59 heavy (non-hydrogen) atoms. The molecular weight excluding hydrogens is 723 g/mol. The van der Waals surface area contributed by atoms with Gasteiger partial charge in [0.15, 0.2) is 17.5 Å². The smallest absolute Gasteiger partial charge is 0.167 e. The molecule has 0 bridgehead atoms. The van der Waals surface area contributed by atoms with Crippen molar-refractivity contribution < 1.29 is 8.83 Å². The molecule has 8 aromatic carbocycles. The molecule has 0 amide bonds. The topological polar surface area (TPSA) is 65.0 Å². The SMILES string of the molecule is CC1(C)c2ccccc2-c2c(-c3cccc(-c4ccc5oc6cccc(-c7nc(-c8ccccc8)nc(-c8cccc9c8oc8ccccc89)n7)c6c5c4)c3)cccc21. The molecule has 5 heteroatoms. The second-order valence-corrected chi connectivity index (χ2v) is 15.9. The summed E-state index contributed by atoms with van der Waals surface area (Å²) in [7, 11) is 0. The molecule has 11 aromatic rings. The first kappa shape index (κ1) is 33.5. The van der Waals surface area contributed by atoms with E-state index in [4.69, 9.17) is 23.8 Å². The maximum Gasteiger partial charge on any atom is 0.167 e. The fourth-order valence-corrected chi connectivity index (χ4v) is 9.31. The van der Waals surface area contributed by atoms with E-state index in [-0.39, 0.29) is 5.41 Å². The van der Waals surface area contributed by atoms with Crippen molar-refractivity contribution in [3.05, 3.63) is 187 Å². The van der Waals surface area contributed by atoms with E-state index in [1.165, 1.54) is 33.4 Å². The van der Waals surface area contributed by atoms with Gasteiger partial charge < -0.3 is 8.83 Å². The standard InChI is InChI=1S/C54H35N3O2/c1-54(2)43-24-8-6-19-39(43)48-36(20-12-25-44(48)54)35-17-10-16-33(30-35)34-28-29-46-42(31-34)49-40(22-13-27-47(49)58-46)52-55-51(32-14-4-3-5-15-32)56-53(57-52)41-23-11-21-38-37-18-7-9-26-45(37)59-50(38)41/h3-31H,1-2H3. The summed E-state index contributed by atoms with van der Waals surface area (Å²) in [5.74, 6) is 1.68. The predicted molar refractivity (Wildman–Crippen MR) is 239 cm³/mol. The number of hydrogen-bond acceptors (Lipinski definition) is 5. The summed E-state index contributed by atoms with van der Waals surface area (Å²) in [6, 6.07) is 61.4. The zero-order valence-electron chi connectivity index (χ0n) is 32.4.